The van der Waals surface area contributed by atoms with Gasteiger partial charge in [0, 0.05) is 44.9 Å². The minimum absolute atomic E-state index is 0.287. The lowest BCUT2D eigenvalue weighted by Crippen LogP contribution is -2.21. The Morgan fingerprint density at radius 2 is 1.69 bits per heavy atom. The summed E-state index contributed by atoms with van der Waals surface area (Å²) in [6.07, 6.45) is 4.25. The van der Waals surface area contributed by atoms with Gasteiger partial charge >= 0.3 is 5.63 Å². The van der Waals surface area contributed by atoms with Crippen molar-refractivity contribution in [2.45, 2.75) is 13.8 Å². The molecule has 0 fully saturated rings. The molecule has 0 aliphatic heterocycles. The summed E-state index contributed by atoms with van der Waals surface area (Å²) < 4.78 is 7.12. The smallest absolute Gasteiger partial charge is 0.345 e. The van der Waals surface area contributed by atoms with Gasteiger partial charge in [-0.05, 0) is 66.9 Å². The first-order valence-electron chi connectivity index (χ1n) is 9.75. The van der Waals surface area contributed by atoms with Gasteiger partial charge in [-0.2, -0.15) is 0 Å². The van der Waals surface area contributed by atoms with E-state index in [1.807, 2.05) is 35.6 Å². The van der Waals surface area contributed by atoms with Crippen LogP contribution in [-0.4, -0.2) is 23.3 Å². The minimum atomic E-state index is -0.287. The van der Waals surface area contributed by atoms with E-state index in [-0.39, 0.29) is 5.63 Å². The Hall–Kier alpha value is -2.41. The van der Waals surface area contributed by atoms with Gasteiger partial charge in [0.05, 0.1) is 15.8 Å². The highest BCUT2D eigenvalue weighted by atomic mass is 32.1. The van der Waals surface area contributed by atoms with Crippen LogP contribution in [0.1, 0.15) is 23.6 Å². The van der Waals surface area contributed by atoms with Gasteiger partial charge in [-0.15, -0.1) is 22.7 Å². The highest BCUT2D eigenvalue weighted by molar-refractivity contribution is 7.20. The number of hydrogen-bond acceptors (Lipinski definition) is 5. The Bertz CT molecular complexity index is 1230. The lowest BCUT2D eigenvalue weighted by Gasteiger charge is -2.20. The molecule has 0 N–H and O–H groups in total. The van der Waals surface area contributed by atoms with Gasteiger partial charge in [0.1, 0.15) is 5.58 Å². The van der Waals surface area contributed by atoms with Crippen molar-refractivity contribution in [3.8, 4) is 10.4 Å². The van der Waals surface area contributed by atoms with Gasteiger partial charge in [0.25, 0.3) is 0 Å². The Balaban J connectivity index is 1.65. The molecule has 6 heteroatoms. The second-order valence-corrected chi connectivity index (χ2v) is 11.1. The fourth-order valence-electron chi connectivity index (χ4n) is 3.35. The van der Waals surface area contributed by atoms with E-state index in [1.54, 1.807) is 11.3 Å². The van der Waals surface area contributed by atoms with Crippen molar-refractivity contribution in [1.82, 2.24) is 0 Å². The SMILES string of the molecule is CCN(CC)c1ccc2cc(-c3ccc(/C=C/c4ccc([SiH3])s4)s3)c(=O)oc2c1. The van der Waals surface area contributed by atoms with Crippen LogP contribution in [0.25, 0.3) is 33.6 Å². The number of hydrogen-bond donors (Lipinski definition) is 0. The molecule has 3 aromatic heterocycles. The number of thiophene rings is 2. The number of nitrogens with zero attached hydrogens (tertiary/aromatic N) is 1. The van der Waals surface area contributed by atoms with Crippen molar-refractivity contribution in [2.75, 3.05) is 18.0 Å². The molecular formula is C23H23NO2S2Si. The third-order valence-corrected chi connectivity index (χ3v) is 7.91. The molecule has 148 valence electrons. The maximum Gasteiger partial charge on any atom is 0.345 e. The van der Waals surface area contributed by atoms with Crippen LogP contribution in [0.4, 0.5) is 5.69 Å². The van der Waals surface area contributed by atoms with Crippen LogP contribution >= 0.6 is 22.7 Å². The average Bonchev–Trinajstić information content (AvgIpc) is 3.35. The highest BCUT2D eigenvalue weighted by Crippen LogP contribution is 2.30. The van der Waals surface area contributed by atoms with E-state index in [0.29, 0.717) is 11.1 Å². The lowest BCUT2D eigenvalue weighted by atomic mass is 10.1. The molecule has 1 aromatic carbocycles. The normalized spacial score (nSPS) is 11.7. The molecule has 0 aliphatic rings. The van der Waals surface area contributed by atoms with E-state index in [1.165, 1.54) is 9.38 Å². The second-order valence-electron chi connectivity index (χ2n) is 6.83. The Morgan fingerprint density at radius 3 is 2.38 bits per heavy atom. The standard InChI is InChI=1S/C23H23NO2S2Si/c1-3-24(4-2)16-6-5-15-13-19(23(25)26-20(15)14-16)21-11-9-17(27-21)7-8-18-10-12-22(29)28-18/h5-14H,3-4H2,1-2,29H3/b8-7+. The van der Waals surface area contributed by atoms with Crippen molar-refractivity contribution in [1.29, 1.82) is 0 Å². The molecular weight excluding hydrogens is 414 g/mol. The molecule has 0 radical (unpaired) electrons. The van der Waals surface area contributed by atoms with Crippen LogP contribution in [0.15, 0.2) is 57.7 Å². The molecule has 0 saturated carbocycles. The van der Waals surface area contributed by atoms with E-state index in [4.69, 9.17) is 4.42 Å². The quantitative estimate of drug-likeness (QED) is 0.327. The van der Waals surface area contributed by atoms with Crippen molar-refractivity contribution in [3.63, 3.8) is 0 Å². The van der Waals surface area contributed by atoms with Crippen molar-refractivity contribution >= 4 is 66.2 Å². The predicted octanol–water partition coefficient (Wildman–Crippen LogP) is 4.59. The summed E-state index contributed by atoms with van der Waals surface area (Å²) >= 11 is 3.44. The van der Waals surface area contributed by atoms with Gasteiger partial charge in [-0.1, -0.05) is 6.07 Å². The van der Waals surface area contributed by atoms with Gasteiger partial charge in [0.15, 0.2) is 0 Å². The Labute approximate surface area is 181 Å². The summed E-state index contributed by atoms with van der Waals surface area (Å²) in [4.78, 5) is 18.2. The van der Waals surface area contributed by atoms with Crippen LogP contribution < -0.4 is 15.0 Å². The number of anilines is 1. The van der Waals surface area contributed by atoms with Crippen LogP contribution in [0.5, 0.6) is 0 Å². The van der Waals surface area contributed by atoms with Crippen molar-refractivity contribution in [2.24, 2.45) is 0 Å². The van der Waals surface area contributed by atoms with Gasteiger partial charge in [-0.3, -0.25) is 0 Å². The first kappa shape index (κ1) is 19.9. The maximum absolute atomic E-state index is 12.7. The molecule has 29 heavy (non-hydrogen) atoms. The zero-order valence-electron chi connectivity index (χ0n) is 16.8. The summed E-state index contributed by atoms with van der Waals surface area (Å²) in [5.41, 5.74) is 2.05. The van der Waals surface area contributed by atoms with Gasteiger partial charge in [-0.25, -0.2) is 4.79 Å². The summed E-state index contributed by atoms with van der Waals surface area (Å²) in [5, 5.41) is 0.944. The molecule has 0 amide bonds. The molecule has 0 unspecified atom stereocenters. The van der Waals surface area contributed by atoms with Crippen LogP contribution in [0.3, 0.4) is 0 Å². The Kier molecular flexibility index (Phi) is 5.85. The molecule has 4 rings (SSSR count). The summed E-state index contributed by atoms with van der Waals surface area (Å²) in [6.45, 7) is 6.08. The number of benzene rings is 1. The minimum Gasteiger partial charge on any atom is -0.422 e. The van der Waals surface area contributed by atoms with Gasteiger partial charge in [0.2, 0.25) is 0 Å². The van der Waals surface area contributed by atoms with Crippen LogP contribution in [-0.2, 0) is 0 Å². The molecule has 4 aromatic rings. The third-order valence-electron chi connectivity index (χ3n) is 4.91. The largest absolute Gasteiger partial charge is 0.422 e. The zero-order chi connectivity index (χ0) is 20.4. The summed E-state index contributed by atoms with van der Waals surface area (Å²) in [6, 6.07) is 16.4. The second kappa shape index (κ2) is 8.53. The molecule has 0 bridgehead atoms. The topological polar surface area (TPSA) is 33.5 Å². The summed E-state index contributed by atoms with van der Waals surface area (Å²) in [7, 11) is 1.09. The number of fused-ring (bicyclic) bond motifs is 1. The molecule has 0 aliphatic carbocycles. The van der Waals surface area contributed by atoms with Crippen molar-refractivity contribution < 1.29 is 4.42 Å². The zero-order valence-corrected chi connectivity index (χ0v) is 20.4. The third kappa shape index (κ3) is 4.29. The molecule has 0 atom stereocenters. The average molecular weight is 438 g/mol. The highest BCUT2D eigenvalue weighted by Gasteiger charge is 2.11. The molecule has 3 heterocycles. The molecule has 3 nitrogen and oxygen atoms in total. The van der Waals surface area contributed by atoms with E-state index in [9.17, 15) is 4.79 Å². The summed E-state index contributed by atoms with van der Waals surface area (Å²) in [5.74, 6) is 0. The number of rotatable bonds is 6. The van der Waals surface area contributed by atoms with E-state index >= 15 is 0 Å². The Morgan fingerprint density at radius 1 is 0.966 bits per heavy atom. The van der Waals surface area contributed by atoms with E-state index in [2.05, 4.69) is 55.2 Å². The fraction of sp³-hybridized carbons (Fsp3) is 0.174. The van der Waals surface area contributed by atoms with Crippen molar-refractivity contribution in [3.05, 3.63) is 68.7 Å². The monoisotopic (exact) mass is 437 g/mol. The maximum atomic E-state index is 12.7. The van der Waals surface area contributed by atoms with E-state index in [0.717, 1.165) is 44.2 Å². The predicted molar refractivity (Wildman–Crippen MR) is 132 cm³/mol. The fourth-order valence-corrected chi connectivity index (χ4v) is 5.92. The van der Waals surface area contributed by atoms with E-state index < -0.39 is 0 Å². The molecule has 0 spiro atoms. The molecule has 0 saturated heterocycles. The van der Waals surface area contributed by atoms with Gasteiger partial charge < -0.3 is 9.32 Å². The first-order chi connectivity index (χ1) is 14.1. The van der Waals surface area contributed by atoms with Crippen LogP contribution in [0, 0.1) is 0 Å². The first-order valence-corrected chi connectivity index (χ1v) is 12.4. The van der Waals surface area contributed by atoms with Crippen LogP contribution in [0.2, 0.25) is 0 Å². The lowest BCUT2D eigenvalue weighted by molar-refractivity contribution is 0.563.